The predicted molar refractivity (Wildman–Crippen MR) is 63.1 cm³/mol. The third-order valence-electron chi connectivity index (χ3n) is 2.15. The molecule has 0 saturated heterocycles. The smallest absolute Gasteiger partial charge is 0.332 e. The zero-order valence-corrected chi connectivity index (χ0v) is 9.55. The largest absolute Gasteiger partial charge is 0.464 e. The average Bonchev–Trinajstić information content (AvgIpc) is 2.29. The van der Waals surface area contributed by atoms with Crippen LogP contribution < -0.4 is 5.73 Å². The van der Waals surface area contributed by atoms with Crippen molar-refractivity contribution in [3.05, 3.63) is 29.8 Å². The van der Waals surface area contributed by atoms with Crippen LogP contribution in [0.15, 0.2) is 29.3 Å². The highest BCUT2D eigenvalue weighted by Gasteiger charge is 2.19. The molecule has 17 heavy (non-hydrogen) atoms. The standard InChI is InChI=1S/C12H14N2O3/c1-2-17-12(16)11(14-8-15)7-9-4-3-5-10(13)6-9/h3-6,11H,2,7,13H2,1H3. The van der Waals surface area contributed by atoms with Crippen molar-refractivity contribution >= 4 is 17.7 Å². The Morgan fingerprint density at radius 1 is 1.59 bits per heavy atom. The molecule has 0 amide bonds. The summed E-state index contributed by atoms with van der Waals surface area (Å²) in [5, 5.41) is 0. The first-order valence-corrected chi connectivity index (χ1v) is 5.25. The monoisotopic (exact) mass is 234 g/mol. The number of anilines is 1. The van der Waals surface area contributed by atoms with Gasteiger partial charge in [-0.15, -0.1) is 0 Å². The van der Waals surface area contributed by atoms with E-state index in [9.17, 15) is 9.59 Å². The van der Waals surface area contributed by atoms with Crippen LogP contribution in [-0.2, 0) is 20.7 Å². The van der Waals surface area contributed by atoms with Gasteiger partial charge in [0.05, 0.1) is 6.61 Å². The van der Waals surface area contributed by atoms with Crippen LogP contribution in [0.3, 0.4) is 0 Å². The van der Waals surface area contributed by atoms with Crippen LogP contribution in [0.4, 0.5) is 5.69 Å². The van der Waals surface area contributed by atoms with Gasteiger partial charge in [0.1, 0.15) is 0 Å². The fraction of sp³-hybridized carbons (Fsp3) is 0.333. The maximum absolute atomic E-state index is 11.5. The lowest BCUT2D eigenvalue weighted by Crippen LogP contribution is -2.23. The number of benzene rings is 1. The van der Waals surface area contributed by atoms with Crippen molar-refractivity contribution in [2.75, 3.05) is 12.3 Å². The lowest BCUT2D eigenvalue weighted by Gasteiger charge is -2.09. The molecule has 0 saturated carbocycles. The summed E-state index contributed by atoms with van der Waals surface area (Å²) < 4.78 is 4.82. The Hall–Kier alpha value is -2.13. The summed E-state index contributed by atoms with van der Waals surface area (Å²) >= 11 is 0. The number of hydrogen-bond acceptors (Lipinski definition) is 5. The summed E-state index contributed by atoms with van der Waals surface area (Å²) in [6.45, 7) is 1.95. The highest BCUT2D eigenvalue weighted by Crippen LogP contribution is 2.11. The number of rotatable bonds is 5. The normalized spacial score (nSPS) is 11.4. The van der Waals surface area contributed by atoms with E-state index in [1.54, 1.807) is 25.1 Å². The Balaban J connectivity index is 2.79. The Bertz CT molecular complexity index is 439. The van der Waals surface area contributed by atoms with E-state index in [0.29, 0.717) is 5.69 Å². The van der Waals surface area contributed by atoms with Crippen LogP contribution >= 0.6 is 0 Å². The molecule has 2 N–H and O–H groups in total. The maximum atomic E-state index is 11.5. The summed E-state index contributed by atoms with van der Waals surface area (Å²) in [6, 6.07) is 6.20. The third kappa shape index (κ3) is 4.09. The minimum absolute atomic E-state index is 0.251. The Labute approximate surface area is 99.3 Å². The fourth-order valence-electron chi connectivity index (χ4n) is 1.43. The van der Waals surface area contributed by atoms with Crippen molar-refractivity contribution in [3.63, 3.8) is 0 Å². The van der Waals surface area contributed by atoms with Gasteiger partial charge in [-0.1, -0.05) is 12.1 Å². The van der Waals surface area contributed by atoms with Crippen molar-refractivity contribution in [1.82, 2.24) is 0 Å². The molecule has 5 heteroatoms. The van der Waals surface area contributed by atoms with Gasteiger partial charge in [-0.05, 0) is 24.6 Å². The fourth-order valence-corrected chi connectivity index (χ4v) is 1.43. The number of aliphatic imine (C=N–C) groups is 1. The number of nitrogens with zero attached hydrogens (tertiary/aromatic N) is 1. The van der Waals surface area contributed by atoms with E-state index >= 15 is 0 Å². The Kier molecular flexibility index (Phi) is 4.91. The van der Waals surface area contributed by atoms with Crippen molar-refractivity contribution in [2.24, 2.45) is 4.99 Å². The van der Waals surface area contributed by atoms with Crippen LogP contribution in [0.5, 0.6) is 0 Å². The molecule has 0 aliphatic heterocycles. The zero-order valence-electron chi connectivity index (χ0n) is 9.55. The van der Waals surface area contributed by atoms with Gasteiger partial charge in [-0.2, -0.15) is 4.99 Å². The molecule has 0 aromatic heterocycles. The molecule has 5 nitrogen and oxygen atoms in total. The summed E-state index contributed by atoms with van der Waals surface area (Å²) in [5.74, 6) is -0.529. The van der Waals surface area contributed by atoms with E-state index in [0.717, 1.165) is 5.56 Å². The van der Waals surface area contributed by atoms with Gasteiger partial charge in [-0.3, -0.25) is 0 Å². The second kappa shape index (κ2) is 6.45. The minimum atomic E-state index is -0.853. The van der Waals surface area contributed by atoms with Gasteiger partial charge >= 0.3 is 5.97 Å². The van der Waals surface area contributed by atoms with Crippen molar-refractivity contribution in [2.45, 2.75) is 19.4 Å². The van der Waals surface area contributed by atoms with Gasteiger partial charge in [0.15, 0.2) is 6.04 Å². The maximum Gasteiger partial charge on any atom is 0.332 e. The predicted octanol–water partition coefficient (Wildman–Crippen LogP) is 1.08. The molecule has 1 atom stereocenters. The number of ether oxygens (including phenoxy) is 1. The van der Waals surface area contributed by atoms with Crippen LogP contribution in [0, 0.1) is 0 Å². The van der Waals surface area contributed by atoms with Crippen molar-refractivity contribution in [3.8, 4) is 0 Å². The molecule has 1 aromatic carbocycles. The van der Waals surface area contributed by atoms with E-state index in [4.69, 9.17) is 10.5 Å². The molecule has 0 spiro atoms. The molecular weight excluding hydrogens is 220 g/mol. The molecule has 0 heterocycles. The average molecular weight is 234 g/mol. The van der Waals surface area contributed by atoms with Crippen molar-refractivity contribution in [1.29, 1.82) is 0 Å². The van der Waals surface area contributed by atoms with Crippen LogP contribution in [0.25, 0.3) is 0 Å². The van der Waals surface area contributed by atoms with Crippen LogP contribution in [0.1, 0.15) is 12.5 Å². The molecule has 0 aliphatic rings. The SMILES string of the molecule is CCOC(=O)C(Cc1cccc(N)c1)N=C=O. The minimum Gasteiger partial charge on any atom is -0.464 e. The molecule has 0 aliphatic carbocycles. The van der Waals surface area contributed by atoms with E-state index in [1.165, 1.54) is 6.08 Å². The number of hydrogen-bond donors (Lipinski definition) is 1. The first-order valence-electron chi connectivity index (χ1n) is 5.25. The first kappa shape index (κ1) is 12.9. The number of carbonyl (C=O) groups is 1. The first-order chi connectivity index (χ1) is 8.17. The summed E-state index contributed by atoms with van der Waals surface area (Å²) in [5.41, 5.74) is 7.04. The van der Waals surface area contributed by atoms with Crippen molar-refractivity contribution < 1.29 is 14.3 Å². The number of carbonyl (C=O) groups excluding carboxylic acids is 2. The quantitative estimate of drug-likeness (QED) is 0.357. The molecule has 0 radical (unpaired) electrons. The Morgan fingerprint density at radius 2 is 2.35 bits per heavy atom. The van der Waals surface area contributed by atoms with E-state index < -0.39 is 12.0 Å². The van der Waals surface area contributed by atoms with Gasteiger partial charge in [0.25, 0.3) is 0 Å². The van der Waals surface area contributed by atoms with Gasteiger partial charge in [0.2, 0.25) is 6.08 Å². The number of esters is 1. The molecule has 1 unspecified atom stereocenters. The second-order valence-corrected chi connectivity index (χ2v) is 3.44. The third-order valence-corrected chi connectivity index (χ3v) is 2.15. The van der Waals surface area contributed by atoms with E-state index in [-0.39, 0.29) is 13.0 Å². The lowest BCUT2D eigenvalue weighted by atomic mass is 10.1. The highest BCUT2D eigenvalue weighted by molar-refractivity contribution is 5.77. The molecule has 0 bridgehead atoms. The summed E-state index contributed by atoms with van der Waals surface area (Å²) in [7, 11) is 0. The zero-order chi connectivity index (χ0) is 12.7. The van der Waals surface area contributed by atoms with Gasteiger partial charge < -0.3 is 10.5 Å². The molecule has 90 valence electrons. The number of isocyanates is 1. The molecule has 1 aromatic rings. The van der Waals surface area contributed by atoms with E-state index in [2.05, 4.69) is 4.99 Å². The van der Waals surface area contributed by atoms with Crippen LogP contribution in [-0.4, -0.2) is 24.7 Å². The van der Waals surface area contributed by atoms with Gasteiger partial charge in [-0.25, -0.2) is 9.59 Å². The van der Waals surface area contributed by atoms with Crippen LogP contribution in [0.2, 0.25) is 0 Å². The summed E-state index contributed by atoms with van der Waals surface area (Å²) in [6.07, 6.45) is 1.66. The molecule has 0 fully saturated rings. The summed E-state index contributed by atoms with van der Waals surface area (Å²) in [4.78, 5) is 25.2. The lowest BCUT2D eigenvalue weighted by molar-refractivity contribution is -0.144. The Morgan fingerprint density at radius 3 is 2.94 bits per heavy atom. The number of nitrogen functional groups attached to an aromatic ring is 1. The highest BCUT2D eigenvalue weighted by atomic mass is 16.5. The topological polar surface area (TPSA) is 81.8 Å². The number of nitrogens with two attached hydrogens (primary N) is 1. The van der Waals surface area contributed by atoms with E-state index in [1.807, 2.05) is 6.07 Å². The molecule has 1 rings (SSSR count). The van der Waals surface area contributed by atoms with Gasteiger partial charge in [0, 0.05) is 12.1 Å². The molecular formula is C12H14N2O3. The second-order valence-electron chi connectivity index (χ2n) is 3.44.